The maximum absolute atomic E-state index is 3.96. The fourth-order valence-corrected chi connectivity index (χ4v) is 2.40. The van der Waals surface area contributed by atoms with Crippen LogP contribution in [0.3, 0.4) is 0 Å². The summed E-state index contributed by atoms with van der Waals surface area (Å²) in [4.78, 5) is 2.41. The number of nitrogens with zero attached hydrogens (tertiary/aromatic N) is 1. The minimum absolute atomic E-state index is 0.407. The standard InChI is InChI=1S/C16H22BrN/c1-4-9-16(5-2)18(12-14(3)17)13-15-10-7-6-8-11-15/h5-8,10-11,16H,2-4,9,12-13H2,1H3. The molecule has 1 unspecified atom stereocenters. The quantitative estimate of drug-likeness (QED) is 0.626. The molecule has 1 aromatic carbocycles. The normalized spacial score (nSPS) is 12.4. The van der Waals surface area contributed by atoms with Crippen molar-refractivity contribution in [2.45, 2.75) is 32.4 Å². The molecule has 0 aliphatic heterocycles. The fourth-order valence-electron chi connectivity index (χ4n) is 2.07. The summed E-state index contributed by atoms with van der Waals surface area (Å²) in [6, 6.07) is 10.9. The van der Waals surface area contributed by atoms with Crippen LogP contribution < -0.4 is 0 Å². The zero-order chi connectivity index (χ0) is 13.4. The summed E-state index contributed by atoms with van der Waals surface area (Å²) in [6.07, 6.45) is 4.34. The molecule has 0 saturated carbocycles. The van der Waals surface area contributed by atoms with Crippen molar-refractivity contribution >= 4 is 15.9 Å². The molecule has 0 aromatic heterocycles. The molecule has 18 heavy (non-hydrogen) atoms. The summed E-state index contributed by atoms with van der Waals surface area (Å²) in [7, 11) is 0. The van der Waals surface area contributed by atoms with Gasteiger partial charge in [-0.3, -0.25) is 4.90 Å². The summed E-state index contributed by atoms with van der Waals surface area (Å²) in [6.45, 7) is 11.9. The van der Waals surface area contributed by atoms with Crippen molar-refractivity contribution in [2.75, 3.05) is 6.54 Å². The van der Waals surface area contributed by atoms with Crippen molar-refractivity contribution in [3.05, 3.63) is 59.6 Å². The molecule has 98 valence electrons. The van der Waals surface area contributed by atoms with E-state index in [4.69, 9.17) is 0 Å². The van der Waals surface area contributed by atoms with Gasteiger partial charge in [0.05, 0.1) is 0 Å². The Morgan fingerprint density at radius 1 is 1.39 bits per heavy atom. The van der Waals surface area contributed by atoms with Gasteiger partial charge < -0.3 is 0 Å². The van der Waals surface area contributed by atoms with Crippen molar-refractivity contribution in [3.8, 4) is 0 Å². The monoisotopic (exact) mass is 307 g/mol. The molecule has 1 atom stereocenters. The average molecular weight is 308 g/mol. The molecule has 0 amide bonds. The van der Waals surface area contributed by atoms with Crippen LogP contribution in [0, 0.1) is 0 Å². The summed E-state index contributed by atoms with van der Waals surface area (Å²) in [5.41, 5.74) is 1.33. The van der Waals surface area contributed by atoms with Gasteiger partial charge in [-0.25, -0.2) is 0 Å². The lowest BCUT2D eigenvalue weighted by atomic mass is 10.1. The van der Waals surface area contributed by atoms with E-state index in [1.807, 2.05) is 12.1 Å². The van der Waals surface area contributed by atoms with E-state index in [0.717, 1.165) is 30.4 Å². The highest BCUT2D eigenvalue weighted by atomic mass is 79.9. The zero-order valence-electron chi connectivity index (χ0n) is 11.1. The van der Waals surface area contributed by atoms with E-state index in [1.54, 1.807) is 0 Å². The van der Waals surface area contributed by atoms with Crippen LogP contribution in [0.15, 0.2) is 54.0 Å². The van der Waals surface area contributed by atoms with Crippen LogP contribution in [0.25, 0.3) is 0 Å². The third-order valence-electron chi connectivity index (χ3n) is 2.93. The summed E-state index contributed by atoms with van der Waals surface area (Å²) in [5.74, 6) is 0. The number of hydrogen-bond donors (Lipinski definition) is 0. The first kappa shape index (κ1) is 15.2. The van der Waals surface area contributed by atoms with Gasteiger partial charge in [-0.05, 0) is 12.0 Å². The molecule has 1 aromatic rings. The van der Waals surface area contributed by atoms with Gasteiger partial charge in [0, 0.05) is 23.6 Å². The molecular formula is C16H22BrN. The van der Waals surface area contributed by atoms with Crippen LogP contribution in [-0.2, 0) is 6.54 Å². The Hall–Kier alpha value is -0.860. The van der Waals surface area contributed by atoms with Gasteiger partial charge >= 0.3 is 0 Å². The van der Waals surface area contributed by atoms with Crippen molar-refractivity contribution in [1.82, 2.24) is 4.90 Å². The highest BCUT2D eigenvalue weighted by Crippen LogP contribution is 2.16. The lowest BCUT2D eigenvalue weighted by molar-refractivity contribution is 0.233. The predicted molar refractivity (Wildman–Crippen MR) is 83.8 cm³/mol. The van der Waals surface area contributed by atoms with Crippen molar-refractivity contribution in [1.29, 1.82) is 0 Å². The van der Waals surface area contributed by atoms with Gasteiger partial charge in [-0.2, -0.15) is 0 Å². The Balaban J connectivity index is 2.77. The highest BCUT2D eigenvalue weighted by Gasteiger charge is 2.15. The van der Waals surface area contributed by atoms with Crippen LogP contribution in [0.1, 0.15) is 25.3 Å². The minimum atomic E-state index is 0.407. The molecule has 0 heterocycles. The van der Waals surface area contributed by atoms with Crippen LogP contribution in [0.5, 0.6) is 0 Å². The largest absolute Gasteiger partial charge is 0.288 e. The third-order valence-corrected chi connectivity index (χ3v) is 3.18. The second kappa shape index (κ2) is 8.28. The van der Waals surface area contributed by atoms with E-state index < -0.39 is 0 Å². The molecule has 0 fully saturated rings. The SMILES string of the molecule is C=CC(CCC)N(CC(=C)Br)Cc1ccccc1. The maximum atomic E-state index is 3.96. The number of rotatable bonds is 8. The van der Waals surface area contributed by atoms with Gasteiger partial charge in [0.1, 0.15) is 0 Å². The van der Waals surface area contributed by atoms with Gasteiger partial charge in [0.15, 0.2) is 0 Å². The number of hydrogen-bond acceptors (Lipinski definition) is 1. The van der Waals surface area contributed by atoms with Gasteiger partial charge in [-0.1, -0.05) is 72.3 Å². The Kier molecular flexibility index (Phi) is 6.99. The van der Waals surface area contributed by atoms with Crippen LogP contribution in [0.2, 0.25) is 0 Å². The highest BCUT2D eigenvalue weighted by molar-refractivity contribution is 9.11. The van der Waals surface area contributed by atoms with Crippen LogP contribution in [-0.4, -0.2) is 17.5 Å². The van der Waals surface area contributed by atoms with E-state index in [-0.39, 0.29) is 0 Å². The molecule has 0 aliphatic carbocycles. The predicted octanol–water partition coefficient (Wildman–Crippen LogP) is 4.75. The van der Waals surface area contributed by atoms with E-state index in [9.17, 15) is 0 Å². The summed E-state index contributed by atoms with van der Waals surface area (Å²) in [5, 5.41) is 0. The topological polar surface area (TPSA) is 3.24 Å². The number of halogens is 1. The van der Waals surface area contributed by atoms with Gasteiger partial charge in [-0.15, -0.1) is 6.58 Å². The van der Waals surface area contributed by atoms with Crippen LogP contribution in [0.4, 0.5) is 0 Å². The molecule has 1 nitrogen and oxygen atoms in total. The molecule has 2 heteroatoms. The second-order valence-electron chi connectivity index (χ2n) is 4.50. The molecule has 1 rings (SSSR count). The first-order valence-corrected chi connectivity index (χ1v) is 7.20. The lowest BCUT2D eigenvalue weighted by Crippen LogP contribution is -2.34. The Morgan fingerprint density at radius 3 is 2.56 bits per heavy atom. The first-order chi connectivity index (χ1) is 8.67. The maximum Gasteiger partial charge on any atom is 0.0303 e. The summed E-state index contributed by atoms with van der Waals surface area (Å²) < 4.78 is 1.02. The minimum Gasteiger partial charge on any atom is -0.288 e. The summed E-state index contributed by atoms with van der Waals surface area (Å²) >= 11 is 3.47. The molecule has 0 saturated heterocycles. The van der Waals surface area contributed by atoms with E-state index in [1.165, 1.54) is 5.56 Å². The fraction of sp³-hybridized carbons (Fsp3) is 0.375. The average Bonchev–Trinajstić information content (AvgIpc) is 2.36. The molecule has 0 N–H and O–H groups in total. The Bertz CT molecular complexity index is 372. The van der Waals surface area contributed by atoms with E-state index >= 15 is 0 Å². The van der Waals surface area contributed by atoms with Gasteiger partial charge in [0.2, 0.25) is 0 Å². The number of benzene rings is 1. The molecule has 0 spiro atoms. The first-order valence-electron chi connectivity index (χ1n) is 6.41. The molecule has 0 bridgehead atoms. The van der Waals surface area contributed by atoms with Crippen LogP contribution >= 0.6 is 15.9 Å². The van der Waals surface area contributed by atoms with E-state index in [2.05, 4.69) is 65.2 Å². The second-order valence-corrected chi connectivity index (χ2v) is 5.62. The lowest BCUT2D eigenvalue weighted by Gasteiger charge is -2.29. The molecule has 0 radical (unpaired) electrons. The Labute approximate surface area is 119 Å². The Morgan fingerprint density at radius 2 is 2.06 bits per heavy atom. The molecular weight excluding hydrogens is 286 g/mol. The van der Waals surface area contributed by atoms with Gasteiger partial charge in [0.25, 0.3) is 0 Å². The van der Waals surface area contributed by atoms with E-state index in [0.29, 0.717) is 6.04 Å². The smallest absolute Gasteiger partial charge is 0.0303 e. The van der Waals surface area contributed by atoms with Crippen molar-refractivity contribution in [2.24, 2.45) is 0 Å². The van der Waals surface area contributed by atoms with Crippen molar-refractivity contribution < 1.29 is 0 Å². The molecule has 0 aliphatic rings. The third kappa shape index (κ3) is 5.19. The van der Waals surface area contributed by atoms with Crippen molar-refractivity contribution in [3.63, 3.8) is 0 Å². The zero-order valence-corrected chi connectivity index (χ0v) is 12.7.